The fourth-order valence-electron chi connectivity index (χ4n) is 1.78. The number of benzene rings is 2. The van der Waals surface area contributed by atoms with E-state index in [1.807, 2.05) is 0 Å². The molecular formula is C15H13N3O3S. The summed E-state index contributed by atoms with van der Waals surface area (Å²) in [5.74, 6) is -0.0103. The van der Waals surface area contributed by atoms with Crippen LogP contribution in [0.5, 0.6) is 0 Å². The number of thiocarbonyl (C=S) groups is 1. The van der Waals surface area contributed by atoms with Gasteiger partial charge in [-0.05, 0) is 49.5 Å². The molecule has 2 aromatic carbocycles. The number of nitro groups is 1. The summed E-state index contributed by atoms with van der Waals surface area (Å²) < 4.78 is 0. The first-order valence-corrected chi connectivity index (χ1v) is 6.80. The third-order valence-electron chi connectivity index (χ3n) is 2.86. The summed E-state index contributed by atoms with van der Waals surface area (Å²) in [6.07, 6.45) is 0. The van der Waals surface area contributed by atoms with Crippen molar-refractivity contribution in [1.82, 2.24) is 0 Å². The zero-order chi connectivity index (χ0) is 16.1. The molecule has 0 aliphatic heterocycles. The van der Waals surface area contributed by atoms with Gasteiger partial charge < -0.3 is 10.6 Å². The van der Waals surface area contributed by atoms with E-state index in [4.69, 9.17) is 12.2 Å². The van der Waals surface area contributed by atoms with Crippen LogP contribution in [0.3, 0.4) is 0 Å². The van der Waals surface area contributed by atoms with Crippen molar-refractivity contribution in [1.29, 1.82) is 0 Å². The lowest BCUT2D eigenvalue weighted by molar-refractivity contribution is -0.384. The molecule has 0 aromatic heterocycles. The van der Waals surface area contributed by atoms with Crippen LogP contribution in [0.15, 0.2) is 48.5 Å². The molecule has 0 saturated heterocycles. The first kappa shape index (κ1) is 15.6. The van der Waals surface area contributed by atoms with Crippen molar-refractivity contribution in [3.05, 3.63) is 64.2 Å². The van der Waals surface area contributed by atoms with Crippen LogP contribution >= 0.6 is 12.2 Å². The third-order valence-corrected chi connectivity index (χ3v) is 3.07. The summed E-state index contributed by atoms with van der Waals surface area (Å²) in [4.78, 5) is 21.4. The van der Waals surface area contributed by atoms with Gasteiger partial charge in [-0.2, -0.15) is 0 Å². The molecular weight excluding hydrogens is 302 g/mol. The normalized spacial score (nSPS) is 9.86. The number of nitro benzene ring substituents is 1. The van der Waals surface area contributed by atoms with Crippen LogP contribution in [0.4, 0.5) is 17.1 Å². The number of hydrogen-bond acceptors (Lipinski definition) is 4. The van der Waals surface area contributed by atoms with Crippen molar-refractivity contribution in [2.75, 3.05) is 10.6 Å². The summed E-state index contributed by atoms with van der Waals surface area (Å²) in [5, 5.41) is 16.8. The van der Waals surface area contributed by atoms with E-state index < -0.39 is 4.92 Å². The number of ketones is 1. The minimum absolute atomic E-state index is 0.0103. The van der Waals surface area contributed by atoms with Crippen LogP contribution < -0.4 is 10.6 Å². The summed E-state index contributed by atoms with van der Waals surface area (Å²) in [6.45, 7) is 1.50. The number of non-ortho nitro benzene ring substituents is 1. The van der Waals surface area contributed by atoms with Gasteiger partial charge in [0.05, 0.1) is 4.92 Å². The van der Waals surface area contributed by atoms with Gasteiger partial charge in [0.2, 0.25) is 0 Å². The van der Waals surface area contributed by atoms with Gasteiger partial charge >= 0.3 is 0 Å². The van der Waals surface area contributed by atoms with E-state index in [0.29, 0.717) is 22.1 Å². The first-order chi connectivity index (χ1) is 10.5. The number of Topliss-reactive ketones (excluding diaryl/α,β-unsaturated/α-hetero) is 1. The Labute approximate surface area is 132 Å². The van der Waals surface area contributed by atoms with Gasteiger partial charge in [-0.1, -0.05) is 6.07 Å². The van der Waals surface area contributed by atoms with Gasteiger partial charge in [0.15, 0.2) is 10.9 Å². The Morgan fingerprint density at radius 2 is 1.73 bits per heavy atom. The monoisotopic (exact) mass is 315 g/mol. The summed E-state index contributed by atoms with van der Waals surface area (Å²) in [6, 6.07) is 12.9. The van der Waals surface area contributed by atoms with Crippen LogP contribution in [0.25, 0.3) is 0 Å². The lowest BCUT2D eigenvalue weighted by Crippen LogP contribution is -2.19. The molecule has 2 aromatic rings. The Kier molecular flexibility index (Phi) is 4.80. The predicted molar refractivity (Wildman–Crippen MR) is 89.4 cm³/mol. The zero-order valence-corrected chi connectivity index (χ0v) is 12.5. The van der Waals surface area contributed by atoms with Crippen molar-refractivity contribution in [2.24, 2.45) is 0 Å². The van der Waals surface area contributed by atoms with Gasteiger partial charge in [0.1, 0.15) is 0 Å². The van der Waals surface area contributed by atoms with Crippen LogP contribution in [-0.2, 0) is 0 Å². The molecule has 0 bridgehead atoms. The molecule has 0 aliphatic carbocycles. The van der Waals surface area contributed by atoms with E-state index in [2.05, 4.69) is 10.6 Å². The van der Waals surface area contributed by atoms with Crippen LogP contribution in [-0.4, -0.2) is 15.8 Å². The minimum Gasteiger partial charge on any atom is -0.332 e. The number of anilines is 2. The second kappa shape index (κ2) is 6.77. The average Bonchev–Trinajstić information content (AvgIpc) is 2.47. The van der Waals surface area contributed by atoms with E-state index in [9.17, 15) is 14.9 Å². The lowest BCUT2D eigenvalue weighted by Gasteiger charge is -2.10. The largest absolute Gasteiger partial charge is 0.332 e. The Hall–Kier alpha value is -2.80. The topological polar surface area (TPSA) is 84.3 Å². The average molecular weight is 315 g/mol. The van der Waals surface area contributed by atoms with Gasteiger partial charge in [0.25, 0.3) is 5.69 Å². The molecule has 0 fully saturated rings. The second-order valence-corrected chi connectivity index (χ2v) is 4.93. The molecule has 0 aliphatic rings. The van der Waals surface area contributed by atoms with Crippen molar-refractivity contribution in [2.45, 2.75) is 6.92 Å². The molecule has 0 unspecified atom stereocenters. The third kappa shape index (κ3) is 4.10. The molecule has 22 heavy (non-hydrogen) atoms. The van der Waals surface area contributed by atoms with Gasteiger partial charge in [-0.3, -0.25) is 14.9 Å². The molecule has 6 nitrogen and oxygen atoms in total. The van der Waals surface area contributed by atoms with Crippen molar-refractivity contribution in [3.63, 3.8) is 0 Å². The second-order valence-electron chi connectivity index (χ2n) is 4.52. The Morgan fingerprint density at radius 3 is 2.32 bits per heavy atom. The van der Waals surface area contributed by atoms with Crippen molar-refractivity contribution >= 4 is 40.2 Å². The number of rotatable bonds is 4. The highest BCUT2D eigenvalue weighted by atomic mass is 32.1. The Bertz CT molecular complexity index is 729. The maximum atomic E-state index is 11.2. The molecule has 0 atom stereocenters. The zero-order valence-electron chi connectivity index (χ0n) is 11.7. The summed E-state index contributed by atoms with van der Waals surface area (Å²) >= 11 is 5.15. The van der Waals surface area contributed by atoms with E-state index in [1.54, 1.807) is 36.4 Å². The molecule has 2 N–H and O–H groups in total. The number of hydrogen-bond donors (Lipinski definition) is 2. The first-order valence-electron chi connectivity index (χ1n) is 6.39. The molecule has 0 amide bonds. The van der Waals surface area contributed by atoms with Crippen molar-refractivity contribution in [3.8, 4) is 0 Å². The Balaban J connectivity index is 2.02. The number of nitrogens with one attached hydrogen (secondary N) is 2. The highest BCUT2D eigenvalue weighted by Crippen LogP contribution is 2.17. The predicted octanol–water partition coefficient (Wildman–Crippen LogP) is 3.61. The van der Waals surface area contributed by atoms with Crippen LogP contribution in [0.2, 0.25) is 0 Å². The number of carbonyl (C=O) groups is 1. The maximum Gasteiger partial charge on any atom is 0.271 e. The van der Waals surface area contributed by atoms with Crippen LogP contribution in [0, 0.1) is 10.1 Å². The fraction of sp³-hybridized carbons (Fsp3) is 0.0667. The fourth-order valence-corrected chi connectivity index (χ4v) is 2.01. The van der Waals surface area contributed by atoms with E-state index >= 15 is 0 Å². The van der Waals surface area contributed by atoms with Crippen molar-refractivity contribution < 1.29 is 9.72 Å². The number of carbonyl (C=O) groups excluding carboxylic acids is 1. The van der Waals surface area contributed by atoms with E-state index in [0.717, 1.165) is 0 Å². The Morgan fingerprint density at radius 1 is 1.09 bits per heavy atom. The SMILES string of the molecule is CC(=O)c1ccc(NC(=S)Nc2cccc([N+](=O)[O-])c2)cc1. The highest BCUT2D eigenvalue weighted by Gasteiger charge is 2.07. The summed E-state index contributed by atoms with van der Waals surface area (Å²) in [7, 11) is 0. The standard InChI is InChI=1S/C15H13N3O3S/c1-10(19)11-5-7-12(8-6-11)16-15(22)17-13-3-2-4-14(9-13)18(20)21/h2-9H,1H3,(H2,16,17,22). The van der Waals surface area contributed by atoms with Gasteiger partial charge in [-0.15, -0.1) is 0 Å². The number of nitrogens with zero attached hydrogens (tertiary/aromatic N) is 1. The van der Waals surface area contributed by atoms with Gasteiger partial charge in [0, 0.05) is 29.1 Å². The molecule has 2 rings (SSSR count). The summed E-state index contributed by atoms with van der Waals surface area (Å²) in [5.41, 5.74) is 1.83. The quantitative estimate of drug-likeness (QED) is 0.388. The molecule has 0 saturated carbocycles. The van der Waals surface area contributed by atoms with Gasteiger partial charge in [-0.25, -0.2) is 0 Å². The molecule has 0 radical (unpaired) electrons. The maximum absolute atomic E-state index is 11.2. The van der Waals surface area contributed by atoms with E-state index in [-0.39, 0.29) is 11.5 Å². The minimum atomic E-state index is -0.470. The van der Waals surface area contributed by atoms with Crippen LogP contribution in [0.1, 0.15) is 17.3 Å². The lowest BCUT2D eigenvalue weighted by atomic mass is 10.1. The molecule has 0 heterocycles. The smallest absolute Gasteiger partial charge is 0.271 e. The molecule has 0 spiro atoms. The molecule has 112 valence electrons. The molecule has 7 heteroatoms. The van der Waals surface area contributed by atoms with E-state index in [1.165, 1.54) is 19.1 Å². The highest BCUT2D eigenvalue weighted by molar-refractivity contribution is 7.80.